The maximum Gasteiger partial charge on any atom is 0.191 e. The number of benzene rings is 2. The molecule has 0 radical (unpaired) electrons. The minimum absolute atomic E-state index is 0.207. The molecule has 1 N–H and O–H groups in total. The number of aliphatic hydroxyl groups excluding tert-OH is 1. The van der Waals surface area contributed by atoms with Crippen molar-refractivity contribution in [1.82, 2.24) is 0 Å². The highest BCUT2D eigenvalue weighted by Gasteiger charge is 2.16. The summed E-state index contributed by atoms with van der Waals surface area (Å²) in [6.45, 7) is 2.64. The topological polar surface area (TPSA) is 46.5 Å². The minimum Gasteiger partial charge on any atom is -0.489 e. The number of hydrogen-bond acceptors (Lipinski definition) is 3. The number of ether oxygens (including phenoxy) is 1. The van der Waals surface area contributed by atoms with Crippen LogP contribution < -0.4 is 4.74 Å². The Morgan fingerprint density at radius 2 is 1.71 bits per heavy atom. The molecule has 0 aromatic heterocycles. The van der Waals surface area contributed by atoms with Gasteiger partial charge in [0.1, 0.15) is 18.5 Å². The van der Waals surface area contributed by atoms with Gasteiger partial charge in [-0.05, 0) is 36.2 Å². The first-order chi connectivity index (χ1) is 11.7. The zero-order valence-corrected chi connectivity index (χ0v) is 14.3. The largest absolute Gasteiger partial charge is 0.489 e. The molecule has 3 nitrogen and oxygen atoms in total. The molecule has 0 fully saturated rings. The van der Waals surface area contributed by atoms with Crippen LogP contribution in [-0.2, 0) is 6.61 Å². The molecular weight excluding hydrogens is 300 g/mol. The maximum atomic E-state index is 12.2. The van der Waals surface area contributed by atoms with Crippen LogP contribution in [0.1, 0.15) is 54.9 Å². The van der Waals surface area contributed by atoms with Gasteiger partial charge in [-0.2, -0.15) is 0 Å². The van der Waals surface area contributed by atoms with Gasteiger partial charge in [0, 0.05) is 5.56 Å². The number of aliphatic hydroxyl groups is 1. The molecule has 3 heteroatoms. The normalized spacial score (nSPS) is 11.9. The number of Topliss-reactive ketones (excluding diaryl/α,β-unsaturated/α-hetero) is 1. The Balaban J connectivity index is 1.83. The van der Waals surface area contributed by atoms with Crippen molar-refractivity contribution in [1.29, 1.82) is 0 Å². The summed E-state index contributed by atoms with van der Waals surface area (Å²) in [6.07, 6.45) is 3.87. The monoisotopic (exact) mass is 326 g/mol. The lowest BCUT2D eigenvalue weighted by Gasteiger charge is -2.10. The molecule has 0 bridgehead atoms. The number of unbranched alkanes of at least 4 members (excludes halogenated alkanes) is 3. The molecule has 0 heterocycles. The lowest BCUT2D eigenvalue weighted by molar-refractivity contribution is 0.0725. The Morgan fingerprint density at radius 1 is 1.00 bits per heavy atom. The molecule has 0 saturated heterocycles. The molecule has 0 aliphatic rings. The fourth-order valence-corrected chi connectivity index (χ4v) is 2.54. The fourth-order valence-electron chi connectivity index (χ4n) is 2.54. The van der Waals surface area contributed by atoms with Crippen LogP contribution in [0.25, 0.3) is 0 Å². The predicted molar refractivity (Wildman–Crippen MR) is 96.3 cm³/mol. The fraction of sp³-hybridized carbons (Fsp3) is 0.381. The first-order valence-corrected chi connectivity index (χ1v) is 8.69. The SMILES string of the molecule is CCCCCCC(O)C(=O)c1ccc(OCc2ccccc2)cc1. The first kappa shape index (κ1) is 18.2. The summed E-state index contributed by atoms with van der Waals surface area (Å²) in [4.78, 5) is 12.2. The third-order valence-corrected chi connectivity index (χ3v) is 4.02. The standard InChI is InChI=1S/C21H26O3/c1-2-3-4-8-11-20(22)21(23)18-12-14-19(15-13-18)24-16-17-9-6-5-7-10-17/h5-7,9-10,12-15,20,22H,2-4,8,11,16H2,1H3. The van der Waals surface area contributed by atoms with Crippen LogP contribution in [0.5, 0.6) is 5.75 Å². The van der Waals surface area contributed by atoms with Gasteiger partial charge in [0.05, 0.1) is 0 Å². The summed E-state index contributed by atoms with van der Waals surface area (Å²) in [6, 6.07) is 16.9. The highest BCUT2D eigenvalue weighted by molar-refractivity contribution is 5.99. The smallest absolute Gasteiger partial charge is 0.191 e. The molecule has 2 aromatic carbocycles. The Hall–Kier alpha value is -2.13. The number of carbonyl (C=O) groups excluding carboxylic acids is 1. The van der Waals surface area contributed by atoms with E-state index >= 15 is 0 Å². The van der Waals surface area contributed by atoms with Crippen LogP contribution in [0.3, 0.4) is 0 Å². The number of hydrogen-bond donors (Lipinski definition) is 1. The van der Waals surface area contributed by atoms with Crippen molar-refractivity contribution in [3.05, 3.63) is 65.7 Å². The molecule has 0 aliphatic heterocycles. The average Bonchev–Trinajstić information content (AvgIpc) is 2.64. The number of ketones is 1. The summed E-state index contributed by atoms with van der Waals surface area (Å²) in [7, 11) is 0. The predicted octanol–water partition coefficient (Wildman–Crippen LogP) is 4.78. The van der Waals surface area contributed by atoms with Crippen molar-refractivity contribution in [2.45, 2.75) is 51.7 Å². The summed E-state index contributed by atoms with van der Waals surface area (Å²) in [5.41, 5.74) is 1.63. The van der Waals surface area contributed by atoms with E-state index < -0.39 is 6.10 Å². The van der Waals surface area contributed by atoms with E-state index in [2.05, 4.69) is 6.92 Å². The van der Waals surface area contributed by atoms with Crippen LogP contribution in [-0.4, -0.2) is 17.0 Å². The molecule has 2 aromatic rings. The molecule has 2 rings (SSSR count). The molecule has 0 aliphatic carbocycles. The van der Waals surface area contributed by atoms with Crippen molar-refractivity contribution >= 4 is 5.78 Å². The molecule has 0 spiro atoms. The number of carbonyl (C=O) groups is 1. The summed E-state index contributed by atoms with van der Waals surface area (Å²) in [5.74, 6) is 0.508. The van der Waals surface area contributed by atoms with Gasteiger partial charge in [0.25, 0.3) is 0 Å². The Bertz CT molecular complexity index is 605. The zero-order valence-electron chi connectivity index (χ0n) is 14.3. The van der Waals surface area contributed by atoms with Crippen LogP contribution in [0.2, 0.25) is 0 Å². The van der Waals surface area contributed by atoms with E-state index in [1.807, 2.05) is 30.3 Å². The van der Waals surface area contributed by atoms with Crippen molar-refractivity contribution in [3.8, 4) is 5.75 Å². The first-order valence-electron chi connectivity index (χ1n) is 8.69. The average molecular weight is 326 g/mol. The van der Waals surface area contributed by atoms with Gasteiger partial charge in [-0.1, -0.05) is 62.9 Å². The number of rotatable bonds is 10. The van der Waals surface area contributed by atoms with E-state index in [-0.39, 0.29) is 5.78 Å². The Morgan fingerprint density at radius 3 is 2.38 bits per heavy atom. The third kappa shape index (κ3) is 5.82. The van der Waals surface area contributed by atoms with Gasteiger partial charge in [0.15, 0.2) is 5.78 Å². The van der Waals surface area contributed by atoms with Gasteiger partial charge in [0.2, 0.25) is 0 Å². The zero-order chi connectivity index (χ0) is 17.2. The van der Waals surface area contributed by atoms with Crippen molar-refractivity contribution in [2.75, 3.05) is 0 Å². The second-order valence-electron chi connectivity index (χ2n) is 6.03. The van der Waals surface area contributed by atoms with Crippen LogP contribution in [0.15, 0.2) is 54.6 Å². The molecule has 0 amide bonds. The van der Waals surface area contributed by atoms with Gasteiger partial charge in [-0.3, -0.25) is 4.79 Å². The molecule has 1 atom stereocenters. The summed E-state index contributed by atoms with van der Waals surface area (Å²) >= 11 is 0. The minimum atomic E-state index is -0.905. The van der Waals surface area contributed by atoms with E-state index in [0.29, 0.717) is 24.3 Å². The molecule has 128 valence electrons. The molecule has 0 saturated carbocycles. The quantitative estimate of drug-likeness (QED) is 0.505. The van der Waals surface area contributed by atoms with E-state index in [1.54, 1.807) is 24.3 Å². The van der Waals surface area contributed by atoms with Gasteiger partial charge < -0.3 is 9.84 Å². The van der Waals surface area contributed by atoms with Gasteiger partial charge >= 0.3 is 0 Å². The highest BCUT2D eigenvalue weighted by atomic mass is 16.5. The molecular formula is C21H26O3. The van der Waals surface area contributed by atoms with Crippen molar-refractivity contribution in [3.63, 3.8) is 0 Å². The Kier molecular flexibility index (Phi) is 7.50. The van der Waals surface area contributed by atoms with Crippen molar-refractivity contribution in [2.24, 2.45) is 0 Å². The second kappa shape index (κ2) is 9.89. The highest BCUT2D eigenvalue weighted by Crippen LogP contribution is 2.17. The lowest BCUT2D eigenvalue weighted by atomic mass is 10.0. The summed E-state index contributed by atoms with van der Waals surface area (Å²) < 4.78 is 5.71. The Labute approximate surface area is 144 Å². The second-order valence-corrected chi connectivity index (χ2v) is 6.03. The van der Waals surface area contributed by atoms with Crippen LogP contribution >= 0.6 is 0 Å². The molecule has 1 unspecified atom stereocenters. The van der Waals surface area contributed by atoms with Crippen LogP contribution in [0, 0.1) is 0 Å². The van der Waals surface area contributed by atoms with E-state index in [4.69, 9.17) is 4.74 Å². The maximum absolute atomic E-state index is 12.2. The summed E-state index contributed by atoms with van der Waals surface area (Å²) in [5, 5.41) is 10.0. The van der Waals surface area contributed by atoms with E-state index in [1.165, 1.54) is 0 Å². The van der Waals surface area contributed by atoms with Crippen molar-refractivity contribution < 1.29 is 14.6 Å². The lowest BCUT2D eigenvalue weighted by Crippen LogP contribution is -2.20. The van der Waals surface area contributed by atoms with E-state index in [0.717, 1.165) is 31.2 Å². The molecule has 24 heavy (non-hydrogen) atoms. The third-order valence-electron chi connectivity index (χ3n) is 4.02. The van der Waals surface area contributed by atoms with Gasteiger partial charge in [-0.25, -0.2) is 0 Å². The van der Waals surface area contributed by atoms with Crippen LogP contribution in [0.4, 0.5) is 0 Å². The van der Waals surface area contributed by atoms with E-state index in [9.17, 15) is 9.90 Å². The van der Waals surface area contributed by atoms with Gasteiger partial charge in [-0.15, -0.1) is 0 Å².